The first kappa shape index (κ1) is 12.5. The van der Waals surface area contributed by atoms with Gasteiger partial charge in [0.2, 0.25) is 6.79 Å². The Balaban J connectivity index is 1.72. The molecule has 4 heteroatoms. The number of benzene rings is 2. The predicted octanol–water partition coefficient (Wildman–Crippen LogP) is 2.77. The van der Waals surface area contributed by atoms with Gasteiger partial charge in [-0.3, -0.25) is 5.32 Å². The Bertz CT molecular complexity index is 635. The maximum Gasteiger partial charge on any atom is 0.231 e. The lowest BCUT2D eigenvalue weighted by Gasteiger charge is -2.12. The first-order valence-electron chi connectivity index (χ1n) is 6.43. The molecule has 1 aliphatic rings. The molecule has 0 unspecified atom stereocenters. The van der Waals surface area contributed by atoms with E-state index in [2.05, 4.69) is 11.4 Å². The summed E-state index contributed by atoms with van der Waals surface area (Å²) in [6, 6.07) is 17.5. The highest BCUT2D eigenvalue weighted by molar-refractivity contribution is 5.46. The minimum Gasteiger partial charge on any atom is -0.454 e. The fourth-order valence-electron chi connectivity index (χ4n) is 2.15. The summed E-state index contributed by atoms with van der Waals surface area (Å²) in [5, 5.41) is 12.6. The second kappa shape index (κ2) is 5.64. The van der Waals surface area contributed by atoms with Crippen LogP contribution in [-0.2, 0) is 6.54 Å². The molecule has 100 valence electrons. The van der Waals surface area contributed by atoms with Gasteiger partial charge in [0.05, 0.1) is 6.07 Å². The van der Waals surface area contributed by atoms with Crippen molar-refractivity contribution < 1.29 is 9.47 Å². The molecule has 20 heavy (non-hydrogen) atoms. The Labute approximate surface area is 117 Å². The Hall–Kier alpha value is -2.51. The van der Waals surface area contributed by atoms with Crippen LogP contribution in [0, 0.1) is 11.3 Å². The van der Waals surface area contributed by atoms with E-state index < -0.39 is 0 Å². The smallest absolute Gasteiger partial charge is 0.231 e. The monoisotopic (exact) mass is 266 g/mol. The normalized spacial score (nSPS) is 13.8. The number of ether oxygens (including phenoxy) is 2. The second-order valence-corrected chi connectivity index (χ2v) is 4.54. The van der Waals surface area contributed by atoms with E-state index >= 15 is 0 Å². The quantitative estimate of drug-likeness (QED) is 0.924. The van der Waals surface area contributed by atoms with Gasteiger partial charge in [-0.25, -0.2) is 0 Å². The molecule has 3 rings (SSSR count). The highest BCUT2D eigenvalue weighted by atomic mass is 16.7. The van der Waals surface area contributed by atoms with E-state index in [9.17, 15) is 5.26 Å². The van der Waals surface area contributed by atoms with Crippen molar-refractivity contribution in [3.63, 3.8) is 0 Å². The number of hydrogen-bond donors (Lipinski definition) is 1. The van der Waals surface area contributed by atoms with Crippen molar-refractivity contribution in [2.75, 3.05) is 6.79 Å². The van der Waals surface area contributed by atoms with E-state index in [1.807, 2.05) is 48.5 Å². The number of rotatable bonds is 4. The van der Waals surface area contributed by atoms with Crippen molar-refractivity contribution in [2.24, 2.45) is 0 Å². The Morgan fingerprint density at radius 2 is 1.90 bits per heavy atom. The van der Waals surface area contributed by atoms with Gasteiger partial charge in [0, 0.05) is 6.54 Å². The zero-order valence-corrected chi connectivity index (χ0v) is 10.9. The zero-order chi connectivity index (χ0) is 13.8. The van der Waals surface area contributed by atoms with Crippen LogP contribution < -0.4 is 14.8 Å². The van der Waals surface area contributed by atoms with Crippen LogP contribution in [0.1, 0.15) is 17.2 Å². The predicted molar refractivity (Wildman–Crippen MR) is 74.2 cm³/mol. The third-order valence-electron chi connectivity index (χ3n) is 3.21. The van der Waals surface area contributed by atoms with Crippen LogP contribution in [0.15, 0.2) is 48.5 Å². The molecule has 0 saturated carbocycles. The van der Waals surface area contributed by atoms with Crippen molar-refractivity contribution in [3.05, 3.63) is 59.7 Å². The van der Waals surface area contributed by atoms with Gasteiger partial charge >= 0.3 is 0 Å². The lowest BCUT2D eigenvalue weighted by molar-refractivity contribution is 0.174. The Kier molecular flexibility index (Phi) is 3.53. The molecule has 0 aliphatic carbocycles. The Morgan fingerprint density at radius 1 is 1.10 bits per heavy atom. The fourth-order valence-corrected chi connectivity index (χ4v) is 2.15. The van der Waals surface area contributed by atoms with Crippen LogP contribution in [-0.4, -0.2) is 6.79 Å². The molecule has 1 N–H and O–H groups in total. The van der Waals surface area contributed by atoms with Crippen molar-refractivity contribution in [1.82, 2.24) is 5.32 Å². The van der Waals surface area contributed by atoms with E-state index in [4.69, 9.17) is 9.47 Å². The molecule has 0 fully saturated rings. The molecule has 0 radical (unpaired) electrons. The molecule has 0 aromatic heterocycles. The molecule has 4 nitrogen and oxygen atoms in total. The number of nitriles is 1. The van der Waals surface area contributed by atoms with Gasteiger partial charge < -0.3 is 9.47 Å². The average Bonchev–Trinajstić information content (AvgIpc) is 2.96. The van der Waals surface area contributed by atoms with Crippen molar-refractivity contribution >= 4 is 0 Å². The minimum absolute atomic E-state index is 0.244. The molecular weight excluding hydrogens is 252 g/mol. The highest BCUT2D eigenvalue weighted by Gasteiger charge is 2.17. The van der Waals surface area contributed by atoms with Crippen LogP contribution >= 0.6 is 0 Å². The maximum atomic E-state index is 9.32. The molecule has 1 heterocycles. The summed E-state index contributed by atoms with van der Waals surface area (Å²) in [5.74, 6) is 1.43. The average molecular weight is 266 g/mol. The lowest BCUT2D eigenvalue weighted by Crippen LogP contribution is -2.19. The van der Waals surface area contributed by atoms with Gasteiger partial charge in [-0.05, 0) is 23.3 Å². The van der Waals surface area contributed by atoms with Crippen molar-refractivity contribution in [2.45, 2.75) is 12.6 Å². The molecule has 0 saturated heterocycles. The van der Waals surface area contributed by atoms with E-state index in [0.29, 0.717) is 12.3 Å². The third-order valence-corrected chi connectivity index (χ3v) is 3.21. The summed E-state index contributed by atoms with van der Waals surface area (Å²) in [5.41, 5.74) is 2.03. The summed E-state index contributed by atoms with van der Waals surface area (Å²) < 4.78 is 10.6. The molecule has 0 amide bonds. The minimum atomic E-state index is -0.371. The molecule has 0 bridgehead atoms. The standard InChI is InChI=1S/C16H14N2O2/c17-9-14(18-10-12-4-2-1-3-5-12)13-6-7-15-16(8-13)20-11-19-15/h1-8,14,18H,10-11H2/t14-/m1/s1. The van der Waals surface area contributed by atoms with Gasteiger partial charge in [0.1, 0.15) is 6.04 Å². The molecule has 1 atom stereocenters. The van der Waals surface area contributed by atoms with Crippen LogP contribution in [0.5, 0.6) is 11.5 Å². The lowest BCUT2D eigenvalue weighted by atomic mass is 10.1. The SMILES string of the molecule is N#C[C@@H](NCc1ccccc1)c1ccc2c(c1)OCO2. The van der Waals surface area contributed by atoms with Crippen LogP contribution in [0.25, 0.3) is 0 Å². The molecule has 0 spiro atoms. The fraction of sp³-hybridized carbons (Fsp3) is 0.188. The van der Waals surface area contributed by atoms with Crippen molar-refractivity contribution in [1.29, 1.82) is 5.26 Å². The summed E-state index contributed by atoms with van der Waals surface area (Å²) in [6.45, 7) is 0.890. The van der Waals surface area contributed by atoms with Gasteiger partial charge in [0.15, 0.2) is 11.5 Å². The van der Waals surface area contributed by atoms with E-state index in [0.717, 1.165) is 16.9 Å². The molecule has 2 aromatic rings. The number of nitrogens with one attached hydrogen (secondary N) is 1. The van der Waals surface area contributed by atoms with Crippen LogP contribution in [0.4, 0.5) is 0 Å². The third kappa shape index (κ3) is 2.58. The van der Waals surface area contributed by atoms with Gasteiger partial charge in [-0.2, -0.15) is 5.26 Å². The van der Waals surface area contributed by atoms with E-state index in [1.165, 1.54) is 0 Å². The summed E-state index contributed by atoms with van der Waals surface area (Å²) in [6.07, 6.45) is 0. The maximum absolute atomic E-state index is 9.32. The topological polar surface area (TPSA) is 54.3 Å². The molecule has 2 aromatic carbocycles. The summed E-state index contributed by atoms with van der Waals surface area (Å²) >= 11 is 0. The molecular formula is C16H14N2O2. The van der Waals surface area contributed by atoms with Crippen LogP contribution in [0.2, 0.25) is 0 Å². The zero-order valence-electron chi connectivity index (χ0n) is 10.9. The van der Waals surface area contributed by atoms with Crippen LogP contribution in [0.3, 0.4) is 0 Å². The summed E-state index contributed by atoms with van der Waals surface area (Å²) in [7, 11) is 0. The second-order valence-electron chi connectivity index (χ2n) is 4.54. The molecule has 1 aliphatic heterocycles. The van der Waals surface area contributed by atoms with Gasteiger partial charge in [-0.15, -0.1) is 0 Å². The summed E-state index contributed by atoms with van der Waals surface area (Å²) in [4.78, 5) is 0. The van der Waals surface area contributed by atoms with Gasteiger partial charge in [0.25, 0.3) is 0 Å². The van der Waals surface area contributed by atoms with Crippen molar-refractivity contribution in [3.8, 4) is 17.6 Å². The van der Waals surface area contributed by atoms with Gasteiger partial charge in [-0.1, -0.05) is 36.4 Å². The number of hydrogen-bond acceptors (Lipinski definition) is 4. The largest absolute Gasteiger partial charge is 0.454 e. The highest BCUT2D eigenvalue weighted by Crippen LogP contribution is 2.34. The van der Waals surface area contributed by atoms with E-state index in [-0.39, 0.29) is 12.8 Å². The number of fused-ring (bicyclic) bond motifs is 1. The van der Waals surface area contributed by atoms with E-state index in [1.54, 1.807) is 0 Å². The Morgan fingerprint density at radius 3 is 2.70 bits per heavy atom. The first-order chi connectivity index (χ1) is 9.86. The first-order valence-corrected chi connectivity index (χ1v) is 6.43. The number of nitrogens with zero attached hydrogens (tertiary/aromatic N) is 1.